The Bertz CT molecular complexity index is 1460. The molecule has 13 heteroatoms. The van der Waals surface area contributed by atoms with Crippen LogP contribution in [-0.4, -0.2) is 57.1 Å². The van der Waals surface area contributed by atoms with E-state index >= 15 is 0 Å². The van der Waals surface area contributed by atoms with Crippen molar-refractivity contribution in [3.05, 3.63) is 47.7 Å². The predicted octanol–water partition coefficient (Wildman–Crippen LogP) is 6.72. The number of nitrogens with one attached hydrogen (secondary N) is 2. The number of halogens is 3. The summed E-state index contributed by atoms with van der Waals surface area (Å²) in [5.41, 5.74) is -0.452. The first-order valence-electron chi connectivity index (χ1n) is 14.7. The van der Waals surface area contributed by atoms with Crippen molar-refractivity contribution < 1.29 is 22.7 Å². The quantitative estimate of drug-likeness (QED) is 0.216. The van der Waals surface area contributed by atoms with Crippen molar-refractivity contribution in [3.8, 4) is 11.7 Å². The van der Waals surface area contributed by atoms with E-state index < -0.39 is 11.6 Å². The van der Waals surface area contributed by atoms with Gasteiger partial charge in [-0.1, -0.05) is 13.0 Å². The van der Waals surface area contributed by atoms with Gasteiger partial charge >= 0.3 is 6.18 Å². The molecule has 5 rings (SSSR count). The summed E-state index contributed by atoms with van der Waals surface area (Å²) in [5, 5.41) is 8.36. The molecule has 3 aromatic heterocycles. The number of carbonyl (C=O) groups is 1. The molecule has 2 aliphatic rings. The number of aromatic nitrogens is 4. The van der Waals surface area contributed by atoms with Gasteiger partial charge in [0.1, 0.15) is 16.7 Å². The van der Waals surface area contributed by atoms with Crippen LogP contribution in [0.2, 0.25) is 0 Å². The molecule has 1 amide bonds. The first-order chi connectivity index (χ1) is 20.4. The van der Waals surface area contributed by atoms with Gasteiger partial charge in [0.05, 0.1) is 17.6 Å². The fraction of sp³-hybridized carbons (Fsp3) is 0.533. The van der Waals surface area contributed by atoms with Crippen molar-refractivity contribution in [3.63, 3.8) is 0 Å². The summed E-state index contributed by atoms with van der Waals surface area (Å²) >= 11 is 1.17. The molecule has 9 nitrogen and oxygen atoms in total. The zero-order valence-electron chi connectivity index (χ0n) is 24.9. The van der Waals surface area contributed by atoms with E-state index in [1.54, 1.807) is 24.4 Å². The van der Waals surface area contributed by atoms with Gasteiger partial charge in [0.2, 0.25) is 5.88 Å². The second-order valence-electron chi connectivity index (χ2n) is 11.9. The maximum atomic E-state index is 13.5. The average molecular weight is 618 g/mol. The Morgan fingerprint density at radius 1 is 1.12 bits per heavy atom. The number of rotatable bonds is 12. The number of aryl methyl sites for hydroxylation is 1. The zero-order valence-corrected chi connectivity index (χ0v) is 25.7. The highest BCUT2D eigenvalue weighted by molar-refractivity contribution is 7.98. The van der Waals surface area contributed by atoms with Crippen LogP contribution in [0.4, 0.5) is 24.8 Å². The van der Waals surface area contributed by atoms with Gasteiger partial charge in [-0.25, -0.2) is 14.6 Å². The number of amides is 1. The fourth-order valence-electron chi connectivity index (χ4n) is 5.25. The number of anilines is 2. The molecule has 1 saturated carbocycles. The van der Waals surface area contributed by atoms with Gasteiger partial charge in [-0.05, 0) is 83.1 Å². The molecule has 2 fully saturated rings. The zero-order chi connectivity index (χ0) is 30.8. The predicted molar refractivity (Wildman–Crippen MR) is 161 cm³/mol. The molecule has 0 atom stereocenters. The third-order valence-electron chi connectivity index (χ3n) is 8.19. The number of hydrogen-bond donors (Lipinski definition) is 2. The molecule has 1 aliphatic carbocycles. The van der Waals surface area contributed by atoms with Crippen molar-refractivity contribution in [1.82, 2.24) is 24.5 Å². The molecule has 0 radical (unpaired) electrons. The van der Waals surface area contributed by atoms with Crippen LogP contribution in [0.1, 0.15) is 75.2 Å². The molecular formula is C30H38F3N7O2S. The summed E-state index contributed by atoms with van der Waals surface area (Å²) < 4.78 is 49.8. The van der Waals surface area contributed by atoms with Crippen molar-refractivity contribution in [2.24, 2.45) is 5.41 Å². The monoisotopic (exact) mass is 617 g/mol. The van der Waals surface area contributed by atoms with Crippen LogP contribution in [-0.2, 0) is 0 Å². The molecule has 2 N–H and O–H groups in total. The fourth-order valence-corrected chi connectivity index (χ4v) is 5.92. The van der Waals surface area contributed by atoms with Gasteiger partial charge in [0.15, 0.2) is 5.82 Å². The number of pyridine rings is 2. The Labute approximate surface area is 254 Å². The second-order valence-corrected chi connectivity index (χ2v) is 12.7. The molecule has 3 aromatic rings. The number of nitrogens with zero attached hydrogens (tertiary/aromatic N) is 5. The molecule has 0 spiro atoms. The first kappa shape index (κ1) is 31.0. The summed E-state index contributed by atoms with van der Waals surface area (Å²) in [5.74, 6) is 1.69. The lowest BCUT2D eigenvalue weighted by Gasteiger charge is -2.34. The van der Waals surface area contributed by atoms with E-state index in [2.05, 4.69) is 45.8 Å². The largest absolute Gasteiger partial charge is 0.477 e. The summed E-state index contributed by atoms with van der Waals surface area (Å²) in [7, 11) is 0. The SMILES string of the molecule is CCCNc1ccc(C)c(SNC(=O)c2ccc(-n3ccc(OCCC4(C(F)(F)F)CC4)n3)nc2N2CCCC2(C)C)n1. The summed E-state index contributed by atoms with van der Waals surface area (Å²) in [4.78, 5) is 25.2. The number of alkyl halides is 3. The van der Waals surface area contributed by atoms with Gasteiger partial charge < -0.3 is 15.0 Å². The maximum absolute atomic E-state index is 13.5. The van der Waals surface area contributed by atoms with Crippen LogP contribution in [0.3, 0.4) is 0 Å². The van der Waals surface area contributed by atoms with Crippen LogP contribution < -0.4 is 19.7 Å². The van der Waals surface area contributed by atoms with Crippen LogP contribution in [0.15, 0.2) is 41.6 Å². The van der Waals surface area contributed by atoms with Crippen molar-refractivity contribution in [1.29, 1.82) is 0 Å². The lowest BCUT2D eigenvalue weighted by Crippen LogP contribution is -2.40. The molecule has 0 aromatic carbocycles. The van der Waals surface area contributed by atoms with Gasteiger partial charge in [-0.15, -0.1) is 5.10 Å². The van der Waals surface area contributed by atoms with E-state index in [1.807, 2.05) is 19.1 Å². The first-order valence-corrected chi connectivity index (χ1v) is 15.5. The molecular weight excluding hydrogens is 579 g/mol. The van der Waals surface area contributed by atoms with Gasteiger partial charge in [-0.2, -0.15) is 13.2 Å². The molecule has 4 heterocycles. The van der Waals surface area contributed by atoms with Crippen LogP contribution in [0.5, 0.6) is 5.88 Å². The normalized spacial score (nSPS) is 17.1. The Morgan fingerprint density at radius 3 is 2.58 bits per heavy atom. The minimum absolute atomic E-state index is 0.0696. The maximum Gasteiger partial charge on any atom is 0.394 e. The Kier molecular flexibility index (Phi) is 8.82. The minimum Gasteiger partial charge on any atom is -0.477 e. The number of carbonyl (C=O) groups excluding carboxylic acids is 1. The van der Waals surface area contributed by atoms with Crippen molar-refractivity contribution >= 4 is 29.5 Å². The van der Waals surface area contributed by atoms with Gasteiger partial charge in [0.25, 0.3) is 5.91 Å². The van der Waals surface area contributed by atoms with Crippen LogP contribution in [0.25, 0.3) is 5.82 Å². The Morgan fingerprint density at radius 2 is 1.91 bits per heavy atom. The second kappa shape index (κ2) is 12.3. The number of hydrogen-bond acceptors (Lipinski definition) is 8. The molecule has 1 aliphatic heterocycles. The molecule has 0 unspecified atom stereocenters. The minimum atomic E-state index is -4.21. The smallest absolute Gasteiger partial charge is 0.394 e. The molecule has 0 bridgehead atoms. The van der Waals surface area contributed by atoms with E-state index in [1.165, 1.54) is 16.6 Å². The highest BCUT2D eigenvalue weighted by Crippen LogP contribution is 2.59. The Balaban J connectivity index is 1.33. The van der Waals surface area contributed by atoms with E-state index in [0.717, 1.165) is 43.7 Å². The summed E-state index contributed by atoms with van der Waals surface area (Å²) in [6, 6.07) is 8.92. The van der Waals surface area contributed by atoms with E-state index in [0.29, 0.717) is 22.2 Å². The topological polar surface area (TPSA) is 97.2 Å². The van der Waals surface area contributed by atoms with E-state index in [9.17, 15) is 18.0 Å². The van der Waals surface area contributed by atoms with E-state index in [-0.39, 0.29) is 43.2 Å². The number of ether oxygens (including phenoxy) is 1. The molecule has 1 saturated heterocycles. The highest BCUT2D eigenvalue weighted by atomic mass is 32.2. The van der Waals surface area contributed by atoms with Gasteiger partial charge in [-0.3, -0.25) is 9.52 Å². The van der Waals surface area contributed by atoms with Crippen molar-refractivity contribution in [2.75, 3.05) is 29.9 Å². The lowest BCUT2D eigenvalue weighted by atomic mass is 10.0. The van der Waals surface area contributed by atoms with Crippen molar-refractivity contribution in [2.45, 2.75) is 83.0 Å². The van der Waals surface area contributed by atoms with Gasteiger partial charge in [0, 0.05) is 42.8 Å². The molecule has 232 valence electrons. The summed E-state index contributed by atoms with van der Waals surface area (Å²) in [6.07, 6.45) is 0.530. The Hall–Kier alpha value is -3.48. The lowest BCUT2D eigenvalue weighted by molar-refractivity contribution is -0.190. The molecule has 43 heavy (non-hydrogen) atoms. The standard InChI is InChI=1S/C30H38F3N7O2S/c1-5-16-34-22-9-7-20(2)27(35-22)43-38-26(41)21-8-10-23(36-25(21)39-17-6-12-28(39,3)4)40-18-11-24(37-40)42-19-15-29(13-14-29)30(31,32)33/h7-11,18H,5-6,12-17,19H2,1-4H3,(H,34,35)(H,38,41). The third-order valence-corrected chi connectivity index (χ3v) is 9.09. The average Bonchev–Trinajstić information content (AvgIpc) is 3.48. The highest BCUT2D eigenvalue weighted by Gasteiger charge is 2.62. The van der Waals surface area contributed by atoms with Crippen LogP contribution in [0, 0.1) is 12.3 Å². The summed E-state index contributed by atoms with van der Waals surface area (Å²) in [6.45, 7) is 9.77. The van der Waals surface area contributed by atoms with E-state index in [4.69, 9.17) is 9.72 Å². The third kappa shape index (κ3) is 6.86. The van der Waals surface area contributed by atoms with Crippen LogP contribution >= 0.6 is 11.9 Å².